The Bertz CT molecular complexity index is 836. The molecule has 2 atom stereocenters. The second-order valence-corrected chi connectivity index (χ2v) is 6.34. The topological polar surface area (TPSA) is 126 Å². The zero-order chi connectivity index (χ0) is 18.8. The van der Waals surface area contributed by atoms with Crippen molar-refractivity contribution in [3.8, 4) is 0 Å². The third-order valence-corrected chi connectivity index (χ3v) is 4.61. The van der Waals surface area contributed by atoms with E-state index >= 15 is 0 Å². The summed E-state index contributed by atoms with van der Waals surface area (Å²) in [6.07, 6.45) is 0.370. The number of nitrogens with zero attached hydrogens (tertiary/aromatic N) is 4. The number of ether oxygens (including phenoxy) is 2. The monoisotopic (exact) mass is 363 g/mol. The van der Waals surface area contributed by atoms with Gasteiger partial charge >= 0.3 is 6.09 Å². The van der Waals surface area contributed by atoms with Crippen LogP contribution in [-0.4, -0.2) is 53.7 Å². The summed E-state index contributed by atoms with van der Waals surface area (Å²) in [5.41, 5.74) is 6.39. The number of nitrogens with two attached hydrogens (primary N) is 1. The first-order valence-electron chi connectivity index (χ1n) is 8.25. The Morgan fingerprint density at radius 3 is 2.88 bits per heavy atom. The molecule has 0 unspecified atom stereocenters. The van der Waals surface area contributed by atoms with Gasteiger partial charge in [0.25, 0.3) is 5.69 Å². The number of hydrogen-bond donors (Lipinski definition) is 1. The fourth-order valence-electron chi connectivity index (χ4n) is 3.39. The van der Waals surface area contributed by atoms with Crippen LogP contribution in [0.2, 0.25) is 0 Å². The number of benzene rings is 1. The third-order valence-electron chi connectivity index (χ3n) is 4.61. The van der Waals surface area contributed by atoms with Crippen LogP contribution in [0.3, 0.4) is 0 Å². The second-order valence-electron chi connectivity index (χ2n) is 6.34. The highest BCUT2D eigenvalue weighted by atomic mass is 16.6. The Morgan fingerprint density at radius 2 is 2.23 bits per heavy atom. The Balaban J connectivity index is 2.02. The van der Waals surface area contributed by atoms with Crippen molar-refractivity contribution in [2.45, 2.75) is 19.6 Å². The Kier molecular flexibility index (Phi) is 4.94. The van der Waals surface area contributed by atoms with Crippen LogP contribution in [0.5, 0.6) is 0 Å². The van der Waals surface area contributed by atoms with Crippen LogP contribution in [0.25, 0.3) is 10.9 Å². The van der Waals surface area contributed by atoms with E-state index in [0.717, 1.165) is 5.52 Å². The van der Waals surface area contributed by atoms with E-state index in [0.29, 0.717) is 37.3 Å². The van der Waals surface area contributed by atoms with Gasteiger partial charge in [-0.25, -0.2) is 4.79 Å². The molecule has 2 heterocycles. The normalized spacial score (nSPS) is 19.8. The van der Waals surface area contributed by atoms with Gasteiger partial charge < -0.3 is 20.1 Å². The molecule has 10 heteroatoms. The van der Waals surface area contributed by atoms with Crippen molar-refractivity contribution >= 4 is 28.4 Å². The van der Waals surface area contributed by atoms with Gasteiger partial charge in [0.2, 0.25) is 0 Å². The Labute approximate surface area is 149 Å². The molecule has 1 aromatic carbocycles. The van der Waals surface area contributed by atoms with Gasteiger partial charge in [0.05, 0.1) is 41.7 Å². The number of nitro groups is 1. The summed E-state index contributed by atoms with van der Waals surface area (Å²) < 4.78 is 12.0. The summed E-state index contributed by atoms with van der Waals surface area (Å²) in [6, 6.07) is 3.17. The maximum atomic E-state index is 11.6. The predicted octanol–water partition coefficient (Wildman–Crippen LogP) is 1.51. The molecule has 140 valence electrons. The highest BCUT2D eigenvalue weighted by molar-refractivity contribution is 5.97. The molecule has 0 spiro atoms. The fraction of sp³-hybridized carbons (Fsp3) is 0.500. The number of nitro benzene ring substituents is 1. The second kappa shape index (κ2) is 7.16. The molecule has 1 fully saturated rings. The number of rotatable bonds is 6. The molecule has 3 rings (SSSR count). The van der Waals surface area contributed by atoms with E-state index in [1.807, 2.05) is 11.8 Å². The number of hydrogen-bond acceptors (Lipinski definition) is 7. The van der Waals surface area contributed by atoms with E-state index in [9.17, 15) is 14.9 Å². The van der Waals surface area contributed by atoms with Crippen LogP contribution in [0.1, 0.15) is 6.92 Å². The van der Waals surface area contributed by atoms with Gasteiger partial charge in [-0.1, -0.05) is 6.92 Å². The van der Waals surface area contributed by atoms with Crippen molar-refractivity contribution in [1.29, 1.82) is 0 Å². The SMILES string of the molecule is COCCn1ncc2c(N3C[C@@H](C)[C@@H](OC(N)=O)C3)c([N+](=O)[O-])ccc21. The lowest BCUT2D eigenvalue weighted by Crippen LogP contribution is -2.29. The molecule has 0 bridgehead atoms. The van der Waals surface area contributed by atoms with Crippen LogP contribution >= 0.6 is 0 Å². The summed E-state index contributed by atoms with van der Waals surface area (Å²) in [4.78, 5) is 24.1. The zero-order valence-corrected chi connectivity index (χ0v) is 14.6. The third kappa shape index (κ3) is 3.27. The minimum absolute atomic E-state index is 0.000830. The molecule has 1 saturated heterocycles. The number of primary amides is 1. The first-order valence-corrected chi connectivity index (χ1v) is 8.25. The number of carbonyl (C=O) groups excluding carboxylic acids is 1. The number of carbonyl (C=O) groups is 1. The van der Waals surface area contributed by atoms with Crippen molar-refractivity contribution in [1.82, 2.24) is 9.78 Å². The van der Waals surface area contributed by atoms with Gasteiger partial charge in [0.1, 0.15) is 11.8 Å². The van der Waals surface area contributed by atoms with Gasteiger partial charge in [-0.05, 0) is 6.07 Å². The molecule has 2 aromatic rings. The molecule has 1 amide bonds. The largest absolute Gasteiger partial charge is 0.444 e. The maximum absolute atomic E-state index is 11.6. The maximum Gasteiger partial charge on any atom is 0.404 e. The minimum atomic E-state index is -0.844. The van der Waals surface area contributed by atoms with Crippen LogP contribution in [0, 0.1) is 16.0 Å². The van der Waals surface area contributed by atoms with Crippen molar-refractivity contribution in [3.05, 3.63) is 28.4 Å². The van der Waals surface area contributed by atoms with Crippen LogP contribution < -0.4 is 10.6 Å². The molecule has 2 N–H and O–H groups in total. The van der Waals surface area contributed by atoms with Crippen LogP contribution in [0.15, 0.2) is 18.3 Å². The quantitative estimate of drug-likeness (QED) is 0.609. The van der Waals surface area contributed by atoms with Crippen LogP contribution in [0.4, 0.5) is 16.2 Å². The highest BCUT2D eigenvalue weighted by Crippen LogP contribution is 2.39. The predicted molar refractivity (Wildman–Crippen MR) is 94.1 cm³/mol. The van der Waals surface area contributed by atoms with E-state index in [4.69, 9.17) is 15.2 Å². The molecule has 0 aliphatic carbocycles. The van der Waals surface area contributed by atoms with E-state index in [-0.39, 0.29) is 11.6 Å². The molecular weight excluding hydrogens is 342 g/mol. The summed E-state index contributed by atoms with van der Waals surface area (Å²) in [7, 11) is 1.60. The molecule has 1 aliphatic rings. The lowest BCUT2D eigenvalue weighted by Gasteiger charge is -2.19. The molecule has 0 radical (unpaired) electrons. The number of anilines is 1. The highest BCUT2D eigenvalue weighted by Gasteiger charge is 2.36. The first kappa shape index (κ1) is 17.9. The lowest BCUT2D eigenvalue weighted by atomic mass is 10.1. The molecule has 0 saturated carbocycles. The minimum Gasteiger partial charge on any atom is -0.444 e. The van der Waals surface area contributed by atoms with Gasteiger partial charge in [-0.2, -0.15) is 5.10 Å². The van der Waals surface area contributed by atoms with Gasteiger partial charge in [-0.3, -0.25) is 14.8 Å². The van der Waals surface area contributed by atoms with Crippen molar-refractivity contribution in [3.63, 3.8) is 0 Å². The van der Waals surface area contributed by atoms with E-state index in [1.54, 1.807) is 24.1 Å². The Morgan fingerprint density at radius 1 is 1.46 bits per heavy atom. The summed E-state index contributed by atoms with van der Waals surface area (Å²) in [5.74, 6) is 0.000830. The molecule has 10 nitrogen and oxygen atoms in total. The molecule has 1 aromatic heterocycles. The van der Waals surface area contributed by atoms with Crippen molar-refractivity contribution in [2.24, 2.45) is 11.7 Å². The van der Waals surface area contributed by atoms with E-state index in [2.05, 4.69) is 5.10 Å². The molecule has 1 aliphatic heterocycles. The van der Waals surface area contributed by atoms with Crippen molar-refractivity contribution in [2.75, 3.05) is 31.7 Å². The van der Waals surface area contributed by atoms with Crippen LogP contribution in [-0.2, 0) is 16.0 Å². The summed E-state index contributed by atoms with van der Waals surface area (Å²) >= 11 is 0. The number of aromatic nitrogens is 2. The van der Waals surface area contributed by atoms with Gasteiger partial charge in [0, 0.05) is 25.6 Å². The zero-order valence-electron chi connectivity index (χ0n) is 14.6. The fourth-order valence-corrected chi connectivity index (χ4v) is 3.39. The first-order chi connectivity index (χ1) is 12.4. The average molecular weight is 363 g/mol. The van der Waals surface area contributed by atoms with Crippen molar-refractivity contribution < 1.29 is 19.2 Å². The summed E-state index contributed by atoms with van der Waals surface area (Å²) in [6.45, 7) is 3.80. The number of methoxy groups -OCH3 is 1. The smallest absolute Gasteiger partial charge is 0.404 e. The summed E-state index contributed by atoms with van der Waals surface area (Å²) in [5, 5.41) is 16.6. The number of fused-ring (bicyclic) bond motifs is 1. The van der Waals surface area contributed by atoms with Gasteiger partial charge in [-0.15, -0.1) is 0 Å². The lowest BCUT2D eigenvalue weighted by molar-refractivity contribution is -0.384. The number of amides is 1. The molecule has 26 heavy (non-hydrogen) atoms. The molecular formula is C16H21N5O5. The Hall–Kier alpha value is -2.88. The van der Waals surface area contributed by atoms with E-state index in [1.165, 1.54) is 6.07 Å². The average Bonchev–Trinajstić information content (AvgIpc) is 3.15. The standard InChI is InChI=1S/C16H21N5O5/c1-10-8-19(9-14(10)26-16(17)22)15-11-7-18-20(5-6-25-2)12(11)3-4-13(15)21(23)24/h3-4,7,10,14H,5-6,8-9H2,1-2H3,(H2,17,22)/t10-,14+/m1/s1. The van der Waals surface area contributed by atoms with E-state index < -0.39 is 17.1 Å². The van der Waals surface area contributed by atoms with Gasteiger partial charge in [0.15, 0.2) is 0 Å².